The van der Waals surface area contributed by atoms with Gasteiger partial charge in [0.1, 0.15) is 11.4 Å². The maximum absolute atomic E-state index is 12.7. The van der Waals surface area contributed by atoms with E-state index in [0.29, 0.717) is 30.0 Å². The molecule has 0 bridgehead atoms. The van der Waals surface area contributed by atoms with Gasteiger partial charge in [0.15, 0.2) is 0 Å². The van der Waals surface area contributed by atoms with Crippen molar-refractivity contribution in [3.8, 4) is 11.4 Å². The fraction of sp³-hybridized carbons (Fsp3) is 0.273. The Morgan fingerprint density at radius 2 is 1.69 bits per heavy atom. The molecule has 1 fully saturated rings. The summed E-state index contributed by atoms with van der Waals surface area (Å²) in [6.45, 7) is 5.07. The first-order valence-electron chi connectivity index (χ1n) is 14.5. The Morgan fingerprint density at radius 3 is 2.48 bits per heavy atom. The number of fused-ring (bicyclic) bond motifs is 1. The van der Waals surface area contributed by atoms with Crippen LogP contribution in [0.5, 0.6) is 0 Å². The lowest BCUT2D eigenvalue weighted by Gasteiger charge is -2.36. The number of nitrogen functional groups attached to an aromatic ring is 1. The van der Waals surface area contributed by atoms with Gasteiger partial charge in [-0.15, -0.1) is 0 Å². The van der Waals surface area contributed by atoms with E-state index in [9.17, 15) is 9.70 Å². The number of imidazole rings is 1. The molecule has 0 unspecified atom stereocenters. The number of nitrogens with two attached hydrogens (primary N) is 1. The minimum absolute atomic E-state index is 0.275. The molecule has 3 heterocycles. The highest BCUT2D eigenvalue weighted by Gasteiger charge is 2.21. The molecule has 42 heavy (non-hydrogen) atoms. The summed E-state index contributed by atoms with van der Waals surface area (Å²) in [6.07, 6.45) is 3.77. The fourth-order valence-electron chi connectivity index (χ4n) is 5.81. The molecule has 9 nitrogen and oxygen atoms in total. The molecule has 0 radical (unpaired) electrons. The lowest BCUT2D eigenvalue weighted by molar-refractivity contribution is 0.250. The number of hydrogen-bond acceptors (Lipinski definition) is 7. The van der Waals surface area contributed by atoms with Crippen molar-refractivity contribution in [3.63, 3.8) is 0 Å². The number of H-pyrrole nitrogens is 2. The monoisotopic (exact) mass is 561 g/mol. The first-order valence-corrected chi connectivity index (χ1v) is 14.5. The number of benzene rings is 3. The zero-order valence-corrected chi connectivity index (χ0v) is 23.6. The highest BCUT2D eigenvalue weighted by molar-refractivity contribution is 5.87. The lowest BCUT2D eigenvalue weighted by atomic mass is 9.99. The molecule has 0 saturated carbocycles. The van der Waals surface area contributed by atoms with Crippen LogP contribution in [0.2, 0.25) is 0 Å². The molecule has 0 aliphatic carbocycles. The molecule has 0 amide bonds. The van der Waals surface area contributed by atoms with Gasteiger partial charge in [-0.1, -0.05) is 59.8 Å². The van der Waals surface area contributed by atoms with E-state index in [-0.39, 0.29) is 5.56 Å². The van der Waals surface area contributed by atoms with Crippen LogP contribution in [-0.4, -0.2) is 52.6 Å². The molecule has 0 spiro atoms. The molecule has 5 aromatic rings. The molecule has 9 heteroatoms. The number of anilines is 2. The Bertz CT molecular complexity index is 1740. The van der Waals surface area contributed by atoms with Gasteiger partial charge in [0.25, 0.3) is 5.56 Å². The van der Waals surface area contributed by atoms with Crippen LogP contribution in [0.3, 0.4) is 0 Å². The van der Waals surface area contributed by atoms with Crippen LogP contribution in [0.15, 0.2) is 89.0 Å². The van der Waals surface area contributed by atoms with Crippen molar-refractivity contribution in [2.24, 2.45) is 5.18 Å². The number of hydrogen-bond donors (Lipinski definition) is 3. The number of rotatable bonds is 10. The van der Waals surface area contributed by atoms with E-state index < -0.39 is 0 Å². The third-order valence-electron chi connectivity index (χ3n) is 7.97. The fourth-order valence-corrected chi connectivity index (χ4v) is 5.81. The van der Waals surface area contributed by atoms with E-state index in [0.717, 1.165) is 67.8 Å². The van der Waals surface area contributed by atoms with E-state index in [1.165, 1.54) is 16.7 Å². The lowest BCUT2D eigenvalue weighted by Crippen LogP contribution is -2.46. The highest BCUT2D eigenvalue weighted by Crippen LogP contribution is 2.31. The van der Waals surface area contributed by atoms with Crippen molar-refractivity contribution < 1.29 is 0 Å². The van der Waals surface area contributed by atoms with Gasteiger partial charge >= 0.3 is 0 Å². The maximum atomic E-state index is 12.7. The van der Waals surface area contributed by atoms with Crippen LogP contribution in [0, 0.1) is 4.91 Å². The minimum Gasteiger partial charge on any atom is -0.398 e. The van der Waals surface area contributed by atoms with Crippen molar-refractivity contribution >= 4 is 22.4 Å². The minimum atomic E-state index is -0.275. The van der Waals surface area contributed by atoms with Crippen LogP contribution >= 0.6 is 0 Å². The number of nitrogens with one attached hydrogen (secondary N) is 2. The molecule has 1 saturated heterocycles. The molecule has 2 aromatic heterocycles. The van der Waals surface area contributed by atoms with Gasteiger partial charge < -0.3 is 20.6 Å². The zero-order valence-electron chi connectivity index (χ0n) is 23.6. The summed E-state index contributed by atoms with van der Waals surface area (Å²) in [5.74, 6) is 0.463. The summed E-state index contributed by atoms with van der Waals surface area (Å²) in [4.78, 5) is 39.2. The van der Waals surface area contributed by atoms with Gasteiger partial charge in [0.05, 0.1) is 17.6 Å². The predicted molar refractivity (Wildman–Crippen MR) is 169 cm³/mol. The number of piperazine rings is 1. The number of nitroso groups, excluding NO2 is 1. The normalized spacial score (nSPS) is 14.0. The Balaban J connectivity index is 1.31. The van der Waals surface area contributed by atoms with Crippen molar-refractivity contribution in [2.75, 3.05) is 43.4 Å². The quantitative estimate of drug-likeness (QED) is 0.161. The first kappa shape index (κ1) is 27.4. The van der Waals surface area contributed by atoms with Crippen LogP contribution in [-0.2, 0) is 19.4 Å². The maximum Gasteiger partial charge on any atom is 0.261 e. The zero-order chi connectivity index (χ0) is 28.9. The van der Waals surface area contributed by atoms with Crippen molar-refractivity contribution in [3.05, 3.63) is 117 Å². The summed E-state index contributed by atoms with van der Waals surface area (Å²) in [7, 11) is 0. The Hall–Kier alpha value is -4.76. The first-order chi connectivity index (χ1) is 20.6. The van der Waals surface area contributed by atoms with Gasteiger partial charge in [-0.3, -0.25) is 9.69 Å². The van der Waals surface area contributed by atoms with Crippen molar-refractivity contribution in [2.45, 2.75) is 25.8 Å². The van der Waals surface area contributed by atoms with E-state index in [1.807, 2.05) is 0 Å². The summed E-state index contributed by atoms with van der Waals surface area (Å²) in [5, 5.41) is 2.99. The number of pyridine rings is 1. The highest BCUT2D eigenvalue weighted by atomic mass is 16.3. The largest absolute Gasteiger partial charge is 0.398 e. The van der Waals surface area contributed by atoms with Crippen LogP contribution < -0.4 is 16.2 Å². The number of nitrogens with zero attached hydrogens (tertiary/aromatic N) is 4. The molecule has 6 rings (SSSR count). The SMILES string of the molecule is Nc1cc[nH]c(=O)c1-c1nc2c(Cc3cccc(CCCN=O)c3)cc(N3CCN(Cc4ccccc4)CC3)cc2[nH]1. The molecule has 1 aliphatic rings. The summed E-state index contributed by atoms with van der Waals surface area (Å²) in [6, 6.07) is 25.1. The van der Waals surface area contributed by atoms with Crippen LogP contribution in [0.1, 0.15) is 28.7 Å². The topological polar surface area (TPSA) is 123 Å². The van der Waals surface area contributed by atoms with E-state index >= 15 is 0 Å². The third-order valence-corrected chi connectivity index (χ3v) is 7.97. The Kier molecular flexibility index (Phi) is 8.09. The molecular weight excluding hydrogens is 526 g/mol. The molecule has 3 aromatic carbocycles. The molecule has 1 aliphatic heterocycles. The molecular formula is C33H35N7O2. The molecule has 0 atom stereocenters. The third kappa shape index (κ3) is 6.11. The van der Waals surface area contributed by atoms with E-state index in [1.54, 1.807) is 12.3 Å². The van der Waals surface area contributed by atoms with Crippen LogP contribution in [0.25, 0.3) is 22.4 Å². The summed E-state index contributed by atoms with van der Waals surface area (Å²) in [5.41, 5.74) is 14.3. The Labute approximate surface area is 244 Å². The molecule has 214 valence electrons. The number of aromatic amines is 2. The van der Waals surface area contributed by atoms with Gasteiger partial charge in [-0.05, 0) is 59.7 Å². The summed E-state index contributed by atoms with van der Waals surface area (Å²) >= 11 is 0. The second kappa shape index (κ2) is 12.4. The average molecular weight is 562 g/mol. The smallest absolute Gasteiger partial charge is 0.261 e. The van der Waals surface area contributed by atoms with Gasteiger partial charge in [0, 0.05) is 50.3 Å². The Morgan fingerprint density at radius 1 is 0.905 bits per heavy atom. The number of aromatic nitrogens is 3. The molecule has 4 N–H and O–H groups in total. The second-order valence-corrected chi connectivity index (χ2v) is 10.9. The van der Waals surface area contributed by atoms with Gasteiger partial charge in [-0.2, -0.15) is 4.91 Å². The van der Waals surface area contributed by atoms with Crippen molar-refractivity contribution in [1.29, 1.82) is 0 Å². The van der Waals surface area contributed by atoms with Crippen molar-refractivity contribution in [1.82, 2.24) is 19.9 Å². The second-order valence-electron chi connectivity index (χ2n) is 10.9. The average Bonchev–Trinajstić information content (AvgIpc) is 3.42. The van der Waals surface area contributed by atoms with Gasteiger partial charge in [0.2, 0.25) is 0 Å². The van der Waals surface area contributed by atoms with E-state index in [2.05, 4.69) is 91.7 Å². The van der Waals surface area contributed by atoms with E-state index in [4.69, 9.17) is 10.7 Å². The summed E-state index contributed by atoms with van der Waals surface area (Å²) < 4.78 is 0. The van der Waals surface area contributed by atoms with Crippen LogP contribution in [0.4, 0.5) is 11.4 Å². The standard InChI is InChI=1S/C33H35N7O2/c34-28-11-13-35-33(41)30(28)32-37-29-21-27(40-16-14-39(15-17-40)22-24-6-2-1-3-7-24)20-26(31(29)38-32)19-25-9-4-8-23(18-25)10-5-12-36-42/h1-4,6-9,11,13,18,20-21H,5,10,12,14-17,19,22H2,(H,37,38)(H3,34,35,41). The predicted octanol–water partition coefficient (Wildman–Crippen LogP) is 5.11. The number of aryl methyl sites for hydroxylation is 1. The van der Waals surface area contributed by atoms with Gasteiger partial charge in [-0.25, -0.2) is 4.98 Å².